The maximum atomic E-state index is 12.9. The largest absolute Gasteiger partial charge is 0.369 e. The van der Waals surface area contributed by atoms with Gasteiger partial charge in [0.1, 0.15) is 5.01 Å². The zero-order valence-corrected chi connectivity index (χ0v) is 22.2. The fraction of sp³-hybridized carbons (Fsp3) is 0.188. The first kappa shape index (κ1) is 24.3. The number of para-hydroxylation sites is 1. The lowest BCUT2D eigenvalue weighted by atomic mass is 10.1. The van der Waals surface area contributed by atoms with Gasteiger partial charge >= 0.3 is 0 Å². The molecule has 4 aromatic carbocycles. The van der Waals surface area contributed by atoms with Crippen LogP contribution in [-0.4, -0.2) is 42.0 Å². The number of anilines is 2. The number of aromatic nitrogens is 1. The van der Waals surface area contributed by atoms with E-state index < -0.39 is 0 Å². The van der Waals surface area contributed by atoms with Crippen molar-refractivity contribution in [2.75, 3.05) is 36.4 Å². The molecule has 190 valence electrons. The number of nitrogens with one attached hydrogen (secondary N) is 1. The molecule has 0 radical (unpaired) electrons. The molecule has 0 unspecified atom stereocenters. The molecule has 0 atom stereocenters. The van der Waals surface area contributed by atoms with E-state index in [4.69, 9.17) is 4.98 Å². The summed E-state index contributed by atoms with van der Waals surface area (Å²) >= 11 is 1.69. The summed E-state index contributed by atoms with van der Waals surface area (Å²) in [7, 11) is 0. The molecule has 0 spiro atoms. The van der Waals surface area contributed by atoms with Crippen LogP contribution in [0.4, 0.5) is 11.4 Å². The number of fused-ring (bicyclic) bond motifs is 1. The van der Waals surface area contributed by atoms with Crippen LogP contribution in [0, 0.1) is 6.92 Å². The minimum absolute atomic E-state index is 0.101. The molecule has 0 saturated carbocycles. The molecule has 1 aromatic heterocycles. The van der Waals surface area contributed by atoms with E-state index in [0.717, 1.165) is 54.5 Å². The van der Waals surface area contributed by atoms with Crippen LogP contribution in [0.25, 0.3) is 20.8 Å². The Balaban J connectivity index is 1.03. The third-order valence-electron chi connectivity index (χ3n) is 7.05. The van der Waals surface area contributed by atoms with Crippen LogP contribution in [0.15, 0.2) is 97.1 Å². The lowest BCUT2D eigenvalue weighted by molar-refractivity contribution is 0.102. The van der Waals surface area contributed by atoms with Crippen LogP contribution < -0.4 is 10.2 Å². The standard InChI is InChI=1S/C32H30N4OS/c1-23-7-16-29-30(21-23)38-32(34-29)26-12-14-27(15-13-26)33-31(37)25-10-8-24(9-11-25)22-35-17-19-36(20-18-35)28-5-3-2-4-6-28/h2-16,21H,17-20,22H2,1H3,(H,33,37). The van der Waals surface area contributed by atoms with Gasteiger partial charge in [-0.3, -0.25) is 9.69 Å². The molecule has 6 rings (SSSR count). The Morgan fingerprint density at radius 3 is 2.34 bits per heavy atom. The second-order valence-electron chi connectivity index (χ2n) is 9.82. The van der Waals surface area contributed by atoms with Gasteiger partial charge in [-0.2, -0.15) is 0 Å². The van der Waals surface area contributed by atoms with Crippen molar-refractivity contribution in [3.05, 3.63) is 114 Å². The van der Waals surface area contributed by atoms with E-state index in [2.05, 4.69) is 82.7 Å². The van der Waals surface area contributed by atoms with Gasteiger partial charge in [0, 0.05) is 55.2 Å². The van der Waals surface area contributed by atoms with Gasteiger partial charge in [0.15, 0.2) is 0 Å². The SMILES string of the molecule is Cc1ccc2nc(-c3ccc(NC(=O)c4ccc(CN5CCN(c6ccccc6)CC5)cc4)cc3)sc2c1. The summed E-state index contributed by atoms with van der Waals surface area (Å²) in [5.41, 5.74) is 7.26. The van der Waals surface area contributed by atoms with Crippen LogP contribution in [-0.2, 0) is 6.54 Å². The fourth-order valence-corrected chi connectivity index (χ4v) is 5.95. The molecule has 0 bridgehead atoms. The van der Waals surface area contributed by atoms with Gasteiger partial charge in [-0.15, -0.1) is 11.3 Å². The second-order valence-corrected chi connectivity index (χ2v) is 10.8. The van der Waals surface area contributed by atoms with Gasteiger partial charge in [-0.25, -0.2) is 4.98 Å². The van der Waals surface area contributed by atoms with E-state index in [-0.39, 0.29) is 5.91 Å². The summed E-state index contributed by atoms with van der Waals surface area (Å²) in [4.78, 5) is 22.5. The highest BCUT2D eigenvalue weighted by atomic mass is 32.1. The van der Waals surface area contributed by atoms with E-state index in [9.17, 15) is 4.79 Å². The van der Waals surface area contributed by atoms with Crippen molar-refractivity contribution in [1.82, 2.24) is 9.88 Å². The van der Waals surface area contributed by atoms with Crippen molar-refractivity contribution in [3.8, 4) is 10.6 Å². The van der Waals surface area contributed by atoms with Gasteiger partial charge in [0.05, 0.1) is 10.2 Å². The van der Waals surface area contributed by atoms with Crippen LogP contribution in [0.3, 0.4) is 0 Å². The van der Waals surface area contributed by atoms with E-state index in [1.807, 2.05) is 36.4 Å². The van der Waals surface area contributed by atoms with Gasteiger partial charge in [-0.1, -0.05) is 36.4 Å². The van der Waals surface area contributed by atoms with Crippen LogP contribution in [0.5, 0.6) is 0 Å². The molecule has 1 fully saturated rings. The first-order chi connectivity index (χ1) is 18.6. The molecule has 0 aliphatic carbocycles. The van der Waals surface area contributed by atoms with E-state index in [1.54, 1.807) is 11.3 Å². The fourth-order valence-electron chi connectivity index (χ4n) is 4.88. The number of thiazole rings is 1. The number of benzene rings is 4. The van der Waals surface area contributed by atoms with Gasteiger partial charge < -0.3 is 10.2 Å². The Bertz CT molecular complexity index is 1540. The van der Waals surface area contributed by atoms with Crippen molar-refractivity contribution < 1.29 is 4.79 Å². The first-order valence-corrected chi connectivity index (χ1v) is 13.8. The Hall–Kier alpha value is -4.00. The van der Waals surface area contributed by atoms with Crippen LogP contribution >= 0.6 is 11.3 Å². The summed E-state index contributed by atoms with van der Waals surface area (Å²) in [5.74, 6) is -0.101. The van der Waals surface area contributed by atoms with E-state index >= 15 is 0 Å². The molecule has 38 heavy (non-hydrogen) atoms. The number of nitrogens with zero attached hydrogens (tertiary/aromatic N) is 3. The number of carbonyl (C=O) groups excluding carboxylic acids is 1. The smallest absolute Gasteiger partial charge is 0.255 e. The summed E-state index contributed by atoms with van der Waals surface area (Å²) in [6.45, 7) is 7.12. The number of piperazine rings is 1. The molecule has 5 nitrogen and oxygen atoms in total. The Labute approximate surface area is 227 Å². The number of carbonyl (C=O) groups is 1. The number of hydrogen-bond donors (Lipinski definition) is 1. The van der Waals surface area contributed by atoms with E-state index in [0.29, 0.717) is 5.56 Å². The molecule has 1 amide bonds. The number of rotatable bonds is 6. The predicted molar refractivity (Wildman–Crippen MR) is 158 cm³/mol. The minimum atomic E-state index is -0.101. The van der Waals surface area contributed by atoms with E-state index in [1.165, 1.54) is 21.5 Å². The second kappa shape index (κ2) is 10.8. The van der Waals surface area contributed by atoms with Crippen molar-refractivity contribution >= 4 is 38.8 Å². The molecule has 5 aromatic rings. The quantitative estimate of drug-likeness (QED) is 0.267. The zero-order chi connectivity index (χ0) is 25.9. The minimum Gasteiger partial charge on any atom is -0.369 e. The molecule has 2 heterocycles. The molecule has 1 aliphatic heterocycles. The average Bonchev–Trinajstić information content (AvgIpc) is 3.38. The molecule has 1 aliphatic rings. The summed E-state index contributed by atoms with van der Waals surface area (Å²) in [5, 5.41) is 4.01. The summed E-state index contributed by atoms with van der Waals surface area (Å²) in [6, 6.07) is 32.8. The van der Waals surface area contributed by atoms with Gasteiger partial charge in [0.2, 0.25) is 0 Å². The third-order valence-corrected chi connectivity index (χ3v) is 8.12. The Kier molecular flexibility index (Phi) is 6.90. The first-order valence-electron chi connectivity index (χ1n) is 13.0. The monoisotopic (exact) mass is 518 g/mol. The lowest BCUT2D eigenvalue weighted by Gasteiger charge is -2.36. The highest BCUT2D eigenvalue weighted by Gasteiger charge is 2.17. The molecule has 1 N–H and O–H groups in total. The lowest BCUT2D eigenvalue weighted by Crippen LogP contribution is -2.45. The van der Waals surface area contributed by atoms with Crippen LogP contribution in [0.2, 0.25) is 0 Å². The average molecular weight is 519 g/mol. The van der Waals surface area contributed by atoms with Gasteiger partial charge in [0.25, 0.3) is 5.91 Å². The predicted octanol–water partition coefficient (Wildman–Crippen LogP) is 6.85. The number of amides is 1. The molecular formula is C32H30N4OS. The maximum absolute atomic E-state index is 12.9. The van der Waals surface area contributed by atoms with Gasteiger partial charge in [-0.05, 0) is 78.7 Å². The summed E-state index contributed by atoms with van der Waals surface area (Å²) < 4.78 is 1.19. The molecular weight excluding hydrogens is 488 g/mol. The van der Waals surface area contributed by atoms with Crippen LogP contribution in [0.1, 0.15) is 21.5 Å². The summed E-state index contributed by atoms with van der Waals surface area (Å²) in [6.07, 6.45) is 0. The maximum Gasteiger partial charge on any atom is 0.255 e. The topological polar surface area (TPSA) is 48.5 Å². The third kappa shape index (κ3) is 5.47. The highest BCUT2D eigenvalue weighted by molar-refractivity contribution is 7.21. The molecule has 6 heteroatoms. The normalized spacial score (nSPS) is 14.1. The van der Waals surface area contributed by atoms with Crippen molar-refractivity contribution in [2.45, 2.75) is 13.5 Å². The zero-order valence-electron chi connectivity index (χ0n) is 21.4. The number of hydrogen-bond acceptors (Lipinski definition) is 5. The van der Waals surface area contributed by atoms with Crippen molar-refractivity contribution in [3.63, 3.8) is 0 Å². The Morgan fingerprint density at radius 1 is 0.868 bits per heavy atom. The molecule has 1 saturated heterocycles. The number of aryl methyl sites for hydroxylation is 1. The highest BCUT2D eigenvalue weighted by Crippen LogP contribution is 2.31. The Morgan fingerprint density at radius 2 is 1.61 bits per heavy atom. The van der Waals surface area contributed by atoms with Crippen molar-refractivity contribution in [2.24, 2.45) is 0 Å². The van der Waals surface area contributed by atoms with Crippen molar-refractivity contribution in [1.29, 1.82) is 0 Å².